The lowest BCUT2D eigenvalue weighted by molar-refractivity contribution is -0.130. The van der Waals surface area contributed by atoms with Crippen molar-refractivity contribution in [2.24, 2.45) is 11.0 Å². The van der Waals surface area contributed by atoms with E-state index in [1.54, 1.807) is 19.2 Å². The largest absolute Gasteiger partial charge is 0.493 e. The highest BCUT2D eigenvalue weighted by atomic mass is 16.5. The van der Waals surface area contributed by atoms with Gasteiger partial charge >= 0.3 is 0 Å². The molecule has 2 aromatic carbocycles. The van der Waals surface area contributed by atoms with Gasteiger partial charge in [-0.05, 0) is 49.4 Å². The van der Waals surface area contributed by atoms with Gasteiger partial charge < -0.3 is 19.5 Å². The number of hydrazone groups is 1. The fourth-order valence-electron chi connectivity index (χ4n) is 3.20. The molecule has 0 spiro atoms. The molecule has 0 saturated heterocycles. The lowest BCUT2D eigenvalue weighted by atomic mass is 10.0. The molecule has 0 unspecified atom stereocenters. The third kappa shape index (κ3) is 8.42. The number of hydrogen-bond acceptors (Lipinski definition) is 6. The minimum atomic E-state index is -0.744. The minimum Gasteiger partial charge on any atom is -0.493 e. The maximum absolute atomic E-state index is 12.8. The van der Waals surface area contributed by atoms with E-state index in [2.05, 4.69) is 15.8 Å². The molecule has 0 saturated carbocycles. The van der Waals surface area contributed by atoms with E-state index in [-0.39, 0.29) is 18.4 Å². The summed E-state index contributed by atoms with van der Waals surface area (Å²) in [5.74, 6) is 1.17. The molecule has 184 valence electrons. The van der Waals surface area contributed by atoms with Crippen LogP contribution in [0.1, 0.15) is 44.7 Å². The van der Waals surface area contributed by atoms with E-state index in [0.29, 0.717) is 35.8 Å². The van der Waals surface area contributed by atoms with Crippen LogP contribution < -0.4 is 25.0 Å². The summed E-state index contributed by atoms with van der Waals surface area (Å²) < 4.78 is 16.7. The van der Waals surface area contributed by atoms with Crippen LogP contribution in [0.2, 0.25) is 0 Å². The fraction of sp³-hybridized carbons (Fsp3) is 0.423. The number of ether oxygens (including phenoxy) is 3. The van der Waals surface area contributed by atoms with Crippen LogP contribution in [-0.4, -0.2) is 44.4 Å². The third-order valence-electron chi connectivity index (χ3n) is 4.87. The van der Waals surface area contributed by atoms with Crippen LogP contribution in [0.4, 0.5) is 0 Å². The van der Waals surface area contributed by atoms with E-state index < -0.39 is 11.9 Å². The smallest absolute Gasteiger partial charge is 0.262 e. The van der Waals surface area contributed by atoms with Crippen molar-refractivity contribution in [2.45, 2.75) is 46.6 Å². The number of benzene rings is 2. The Morgan fingerprint density at radius 3 is 2.47 bits per heavy atom. The Bertz CT molecular complexity index is 975. The second-order valence-electron chi connectivity index (χ2n) is 8.27. The summed E-state index contributed by atoms with van der Waals surface area (Å²) in [5.41, 5.74) is 4.13. The van der Waals surface area contributed by atoms with Crippen molar-refractivity contribution in [3.05, 3.63) is 53.6 Å². The van der Waals surface area contributed by atoms with Gasteiger partial charge in [0.2, 0.25) is 0 Å². The van der Waals surface area contributed by atoms with E-state index in [1.807, 2.05) is 58.0 Å². The molecule has 34 heavy (non-hydrogen) atoms. The first-order valence-corrected chi connectivity index (χ1v) is 11.5. The van der Waals surface area contributed by atoms with Gasteiger partial charge in [0.05, 0.1) is 19.9 Å². The number of nitrogens with zero attached hydrogens (tertiary/aromatic N) is 1. The number of methoxy groups -OCH3 is 1. The Balaban J connectivity index is 2.02. The van der Waals surface area contributed by atoms with E-state index in [4.69, 9.17) is 14.2 Å². The van der Waals surface area contributed by atoms with Crippen molar-refractivity contribution < 1.29 is 23.8 Å². The number of aryl methyl sites for hydroxylation is 1. The summed E-state index contributed by atoms with van der Waals surface area (Å²) in [6.45, 7) is 8.22. The first-order valence-electron chi connectivity index (χ1n) is 11.5. The maximum atomic E-state index is 12.8. The Labute approximate surface area is 201 Å². The topological polar surface area (TPSA) is 98.2 Å². The van der Waals surface area contributed by atoms with Gasteiger partial charge in [-0.2, -0.15) is 5.10 Å². The lowest BCUT2D eigenvalue weighted by Gasteiger charge is -2.19. The first-order chi connectivity index (χ1) is 16.3. The normalized spacial score (nSPS) is 11.8. The van der Waals surface area contributed by atoms with Crippen molar-refractivity contribution >= 4 is 18.0 Å². The molecule has 0 aliphatic rings. The molecule has 0 aliphatic heterocycles. The third-order valence-corrected chi connectivity index (χ3v) is 4.87. The highest BCUT2D eigenvalue weighted by Crippen LogP contribution is 2.30. The summed E-state index contributed by atoms with van der Waals surface area (Å²) in [7, 11) is 1.57. The lowest BCUT2D eigenvalue weighted by Crippen LogP contribution is -2.47. The van der Waals surface area contributed by atoms with Gasteiger partial charge in [-0.25, -0.2) is 5.43 Å². The molecule has 0 heterocycles. The molecule has 2 amide bonds. The molecule has 2 N–H and O–H groups in total. The molecule has 0 aromatic heterocycles. The number of nitrogens with one attached hydrogen (secondary N) is 2. The molecule has 0 bridgehead atoms. The standard InChI is InChI=1S/C26H35N3O5/c1-6-14-33-25-20(11-9-13-23(25)32-5)16-27-29-26(31)21(15-18(2)3)28-24(30)17-34-22-12-8-7-10-19(22)4/h7-13,16,18,21H,6,14-15,17H2,1-5H3,(H,28,30)(H,29,31)/b27-16-/t21-/m0/s1. The molecule has 1 atom stereocenters. The van der Waals surface area contributed by atoms with Crippen molar-refractivity contribution in [3.8, 4) is 17.2 Å². The highest BCUT2D eigenvalue weighted by molar-refractivity contribution is 5.90. The zero-order valence-electron chi connectivity index (χ0n) is 20.6. The van der Waals surface area contributed by atoms with Gasteiger partial charge in [0, 0.05) is 5.56 Å². The number of hydrogen-bond donors (Lipinski definition) is 2. The van der Waals surface area contributed by atoms with E-state index in [0.717, 1.165) is 12.0 Å². The van der Waals surface area contributed by atoms with Crippen LogP contribution in [0.25, 0.3) is 0 Å². The molecular formula is C26H35N3O5. The second-order valence-corrected chi connectivity index (χ2v) is 8.27. The van der Waals surface area contributed by atoms with Crippen molar-refractivity contribution in [1.82, 2.24) is 10.7 Å². The zero-order valence-corrected chi connectivity index (χ0v) is 20.6. The summed E-state index contributed by atoms with van der Waals surface area (Å²) in [6, 6.07) is 12.1. The maximum Gasteiger partial charge on any atom is 0.262 e. The molecule has 8 heteroatoms. The predicted molar refractivity (Wildman–Crippen MR) is 133 cm³/mol. The number of rotatable bonds is 13. The van der Waals surface area contributed by atoms with Crippen LogP contribution in [-0.2, 0) is 9.59 Å². The highest BCUT2D eigenvalue weighted by Gasteiger charge is 2.22. The molecule has 0 radical (unpaired) electrons. The minimum absolute atomic E-state index is 0.183. The van der Waals surface area contributed by atoms with E-state index in [1.165, 1.54) is 6.21 Å². The Kier molecular flexibility index (Phi) is 10.9. The average molecular weight is 470 g/mol. The van der Waals surface area contributed by atoms with Crippen molar-refractivity contribution in [3.63, 3.8) is 0 Å². The van der Waals surface area contributed by atoms with Crippen LogP contribution in [0.3, 0.4) is 0 Å². The van der Waals surface area contributed by atoms with Crippen molar-refractivity contribution in [2.75, 3.05) is 20.3 Å². The first kappa shape index (κ1) is 26.7. The van der Waals surface area contributed by atoms with Gasteiger partial charge in [0.15, 0.2) is 18.1 Å². The van der Waals surface area contributed by atoms with Gasteiger partial charge in [0.1, 0.15) is 11.8 Å². The number of para-hydroxylation sites is 2. The quantitative estimate of drug-likeness (QED) is 0.343. The zero-order chi connectivity index (χ0) is 24.9. The summed E-state index contributed by atoms with van der Waals surface area (Å²) >= 11 is 0. The summed E-state index contributed by atoms with van der Waals surface area (Å²) in [4.78, 5) is 25.2. The van der Waals surface area contributed by atoms with Crippen LogP contribution >= 0.6 is 0 Å². The predicted octanol–water partition coefficient (Wildman–Crippen LogP) is 3.85. The van der Waals surface area contributed by atoms with E-state index >= 15 is 0 Å². The molecule has 0 fully saturated rings. The van der Waals surface area contributed by atoms with E-state index in [9.17, 15) is 9.59 Å². The van der Waals surface area contributed by atoms with Crippen LogP contribution in [0, 0.1) is 12.8 Å². The number of carbonyl (C=O) groups is 2. The SMILES string of the molecule is CCCOc1c(/C=N\NC(=O)[C@H](CC(C)C)NC(=O)COc2ccccc2C)cccc1OC. The van der Waals surface area contributed by atoms with Gasteiger partial charge in [-0.3, -0.25) is 9.59 Å². The average Bonchev–Trinajstić information content (AvgIpc) is 2.81. The van der Waals surface area contributed by atoms with Crippen molar-refractivity contribution in [1.29, 1.82) is 0 Å². The molecule has 0 aliphatic carbocycles. The Hall–Kier alpha value is -3.55. The fourth-order valence-corrected chi connectivity index (χ4v) is 3.20. The summed E-state index contributed by atoms with van der Waals surface area (Å²) in [5, 5.41) is 6.83. The molecule has 2 aromatic rings. The summed E-state index contributed by atoms with van der Waals surface area (Å²) in [6.07, 6.45) is 2.80. The Morgan fingerprint density at radius 2 is 1.79 bits per heavy atom. The van der Waals surface area contributed by atoms with Gasteiger partial charge in [-0.1, -0.05) is 45.0 Å². The molecular weight excluding hydrogens is 434 g/mol. The van der Waals surface area contributed by atoms with Crippen LogP contribution in [0.15, 0.2) is 47.6 Å². The second kappa shape index (κ2) is 13.9. The molecule has 8 nitrogen and oxygen atoms in total. The Morgan fingerprint density at radius 1 is 1.06 bits per heavy atom. The number of amides is 2. The van der Waals surface area contributed by atoms with Gasteiger partial charge in [-0.15, -0.1) is 0 Å². The molecule has 2 rings (SSSR count). The van der Waals surface area contributed by atoms with Gasteiger partial charge in [0.25, 0.3) is 11.8 Å². The number of carbonyl (C=O) groups excluding carboxylic acids is 2. The monoisotopic (exact) mass is 469 g/mol. The van der Waals surface area contributed by atoms with Crippen LogP contribution in [0.5, 0.6) is 17.2 Å².